The maximum absolute atomic E-state index is 12.9. The van der Waals surface area contributed by atoms with Gasteiger partial charge in [0.1, 0.15) is 13.2 Å². The van der Waals surface area contributed by atoms with Gasteiger partial charge in [0.15, 0.2) is 6.10 Å². The van der Waals surface area contributed by atoms with Gasteiger partial charge in [-0.1, -0.05) is 291 Å². The van der Waals surface area contributed by atoms with Crippen LogP contribution in [0.2, 0.25) is 0 Å². The molecule has 0 aliphatic carbocycles. The van der Waals surface area contributed by atoms with E-state index in [1.165, 1.54) is 180 Å². The molecule has 0 saturated carbocycles. The molecule has 0 radical (unpaired) electrons. The third kappa shape index (κ3) is 65.1. The smallest absolute Gasteiger partial charge is 0.306 e. The van der Waals surface area contributed by atoms with Crippen LogP contribution >= 0.6 is 0 Å². The summed E-state index contributed by atoms with van der Waals surface area (Å²) in [5.74, 6) is -0.891. The van der Waals surface area contributed by atoms with E-state index in [2.05, 4.69) is 118 Å². The average Bonchev–Trinajstić information content (AvgIpc) is 3.46. The second-order valence-corrected chi connectivity index (χ2v) is 22.7. The highest BCUT2D eigenvalue weighted by Gasteiger charge is 2.19. The monoisotopic (exact) mass is 1110 g/mol. The zero-order chi connectivity index (χ0) is 57.8. The first kappa shape index (κ1) is 76.3. The van der Waals surface area contributed by atoms with Crippen molar-refractivity contribution < 1.29 is 28.6 Å². The molecule has 0 bridgehead atoms. The fourth-order valence-corrected chi connectivity index (χ4v) is 9.67. The molecule has 0 aromatic heterocycles. The molecule has 1 unspecified atom stereocenters. The first-order valence-electron chi connectivity index (χ1n) is 34.2. The molecular weight excluding hydrogens is 985 g/mol. The Balaban J connectivity index is 4.28. The predicted octanol–water partition coefficient (Wildman–Crippen LogP) is 23.6. The summed E-state index contributed by atoms with van der Waals surface area (Å²) in [5.41, 5.74) is 0. The maximum atomic E-state index is 12.9. The molecule has 0 aromatic rings. The van der Waals surface area contributed by atoms with Gasteiger partial charge in [0.2, 0.25) is 0 Å². The maximum Gasteiger partial charge on any atom is 0.306 e. The highest BCUT2D eigenvalue weighted by molar-refractivity contribution is 5.71. The molecule has 6 heteroatoms. The Labute approximate surface area is 496 Å². The van der Waals surface area contributed by atoms with Gasteiger partial charge >= 0.3 is 17.9 Å². The molecule has 460 valence electrons. The zero-order valence-electron chi connectivity index (χ0n) is 52.8. The van der Waals surface area contributed by atoms with Crippen molar-refractivity contribution >= 4 is 17.9 Å². The fraction of sp³-hybridized carbons (Fsp3) is 0.743. The van der Waals surface area contributed by atoms with Gasteiger partial charge in [-0.3, -0.25) is 14.4 Å². The van der Waals surface area contributed by atoms with E-state index in [0.29, 0.717) is 19.3 Å². The summed E-state index contributed by atoms with van der Waals surface area (Å²) in [6.07, 6.45) is 91.4. The molecule has 0 aromatic carbocycles. The lowest BCUT2D eigenvalue weighted by atomic mass is 10.0. The van der Waals surface area contributed by atoms with Crippen molar-refractivity contribution in [1.29, 1.82) is 0 Å². The van der Waals surface area contributed by atoms with Crippen molar-refractivity contribution in [3.8, 4) is 0 Å². The van der Waals surface area contributed by atoms with Gasteiger partial charge in [0, 0.05) is 19.3 Å². The summed E-state index contributed by atoms with van der Waals surface area (Å²) < 4.78 is 17.0. The Morgan fingerprint density at radius 3 is 0.800 bits per heavy atom. The van der Waals surface area contributed by atoms with E-state index in [0.717, 1.165) is 116 Å². The van der Waals surface area contributed by atoms with E-state index in [1.54, 1.807) is 0 Å². The number of esters is 3. The lowest BCUT2D eigenvalue weighted by molar-refractivity contribution is -0.167. The van der Waals surface area contributed by atoms with Crippen molar-refractivity contribution in [2.45, 2.75) is 341 Å². The summed E-state index contributed by atoms with van der Waals surface area (Å²) in [6, 6.07) is 0. The number of carbonyl (C=O) groups is 3. The van der Waals surface area contributed by atoms with E-state index < -0.39 is 6.10 Å². The third-order valence-electron chi connectivity index (χ3n) is 14.8. The van der Waals surface area contributed by atoms with E-state index in [1.807, 2.05) is 0 Å². The van der Waals surface area contributed by atoms with Crippen LogP contribution in [-0.2, 0) is 28.6 Å². The Kier molecular flexibility index (Phi) is 64.7. The number of ether oxygens (including phenoxy) is 3. The normalized spacial score (nSPS) is 12.7. The largest absolute Gasteiger partial charge is 0.462 e. The van der Waals surface area contributed by atoms with Gasteiger partial charge < -0.3 is 14.2 Å². The molecule has 6 nitrogen and oxygen atoms in total. The molecule has 1 atom stereocenters. The van der Waals surface area contributed by atoms with E-state index >= 15 is 0 Å². The summed E-state index contributed by atoms with van der Waals surface area (Å²) in [7, 11) is 0. The molecule has 0 saturated heterocycles. The number of hydrogen-bond acceptors (Lipinski definition) is 6. The number of allylic oxidation sites excluding steroid dienone is 16. The molecule has 0 rings (SSSR count). The van der Waals surface area contributed by atoms with Crippen LogP contribution in [0, 0.1) is 0 Å². The van der Waals surface area contributed by atoms with Crippen LogP contribution < -0.4 is 0 Å². The Morgan fingerprint density at radius 1 is 0.263 bits per heavy atom. The van der Waals surface area contributed by atoms with Gasteiger partial charge in [0.05, 0.1) is 0 Å². The van der Waals surface area contributed by atoms with Gasteiger partial charge in [-0.25, -0.2) is 0 Å². The molecule has 0 spiro atoms. The van der Waals surface area contributed by atoms with Crippen molar-refractivity contribution in [3.05, 3.63) is 97.2 Å². The fourth-order valence-electron chi connectivity index (χ4n) is 9.67. The van der Waals surface area contributed by atoms with Crippen LogP contribution in [0.5, 0.6) is 0 Å². The van der Waals surface area contributed by atoms with E-state index in [4.69, 9.17) is 14.2 Å². The van der Waals surface area contributed by atoms with Crippen LogP contribution in [0.1, 0.15) is 335 Å². The van der Waals surface area contributed by atoms with Gasteiger partial charge in [-0.15, -0.1) is 0 Å². The lowest BCUT2D eigenvalue weighted by Gasteiger charge is -2.18. The highest BCUT2D eigenvalue weighted by atomic mass is 16.6. The quantitative estimate of drug-likeness (QED) is 0.0261. The number of rotatable bonds is 62. The second-order valence-electron chi connectivity index (χ2n) is 22.7. The summed E-state index contributed by atoms with van der Waals surface area (Å²) in [4.78, 5) is 38.4. The minimum Gasteiger partial charge on any atom is -0.462 e. The van der Waals surface area contributed by atoms with E-state index in [-0.39, 0.29) is 31.1 Å². The molecular formula is C74H128O6. The van der Waals surface area contributed by atoms with Crippen molar-refractivity contribution in [3.63, 3.8) is 0 Å². The molecule has 0 aliphatic rings. The van der Waals surface area contributed by atoms with Crippen molar-refractivity contribution in [1.82, 2.24) is 0 Å². The van der Waals surface area contributed by atoms with Crippen LogP contribution in [0.3, 0.4) is 0 Å². The van der Waals surface area contributed by atoms with Crippen LogP contribution in [0.4, 0.5) is 0 Å². The second kappa shape index (κ2) is 67.8. The lowest BCUT2D eigenvalue weighted by Crippen LogP contribution is -2.30. The number of unbranched alkanes of at least 4 members (excludes halogenated alkanes) is 35. The molecule has 0 fully saturated rings. The van der Waals surface area contributed by atoms with Crippen LogP contribution in [0.15, 0.2) is 97.2 Å². The highest BCUT2D eigenvalue weighted by Crippen LogP contribution is 2.17. The van der Waals surface area contributed by atoms with Crippen molar-refractivity contribution in [2.24, 2.45) is 0 Å². The molecule has 80 heavy (non-hydrogen) atoms. The molecule has 0 N–H and O–H groups in total. The molecule has 0 amide bonds. The first-order chi connectivity index (χ1) is 39.5. The summed E-state index contributed by atoms with van der Waals surface area (Å²) in [6.45, 7) is 6.51. The van der Waals surface area contributed by atoms with Crippen LogP contribution in [0.25, 0.3) is 0 Å². The molecule has 0 aliphatic heterocycles. The van der Waals surface area contributed by atoms with E-state index in [9.17, 15) is 14.4 Å². The number of carbonyl (C=O) groups excluding carboxylic acids is 3. The summed E-state index contributed by atoms with van der Waals surface area (Å²) >= 11 is 0. The van der Waals surface area contributed by atoms with Crippen LogP contribution in [-0.4, -0.2) is 37.2 Å². The molecule has 0 heterocycles. The minimum absolute atomic E-state index is 0.0831. The average molecular weight is 1110 g/mol. The van der Waals surface area contributed by atoms with Gasteiger partial charge in [-0.2, -0.15) is 0 Å². The Hall–Kier alpha value is -3.67. The van der Waals surface area contributed by atoms with Gasteiger partial charge in [-0.05, 0) is 122 Å². The summed E-state index contributed by atoms with van der Waals surface area (Å²) in [5, 5.41) is 0. The van der Waals surface area contributed by atoms with Gasteiger partial charge in [0.25, 0.3) is 0 Å². The van der Waals surface area contributed by atoms with Crippen molar-refractivity contribution in [2.75, 3.05) is 13.2 Å². The topological polar surface area (TPSA) is 78.9 Å². The predicted molar refractivity (Wildman–Crippen MR) is 348 cm³/mol. The Morgan fingerprint density at radius 2 is 0.487 bits per heavy atom. The first-order valence-corrected chi connectivity index (χ1v) is 34.2. The zero-order valence-corrected chi connectivity index (χ0v) is 52.8. The Bertz CT molecular complexity index is 1560. The third-order valence-corrected chi connectivity index (χ3v) is 14.8. The SMILES string of the molecule is CC/C=C\C/C=C\C/C=C\C/C=C\CCCCCCCCCCCCCCCCCCC(=O)OCC(COC(=O)CCCCCCC/C=C\CCCCCCC)OC(=O)CCCCCCCC/C=C\C/C=C\C/C=C\CCCCC. The minimum atomic E-state index is -0.789. The number of hydrogen-bond donors (Lipinski definition) is 0. The standard InChI is InChI=1S/C74H128O6/c1-4-7-10-13-16-19-22-25-28-30-32-33-34-35-36-37-38-39-40-41-43-44-46-49-52-55-58-61-64-67-73(76)79-70-71(69-78-72(75)66-63-60-57-54-51-48-27-24-21-18-15-12-9-6-3)80-74(77)68-65-62-59-56-53-50-47-45-42-31-29-26-23-20-17-14-11-8-5-2/h7,10,16-17,19-20,24-29,32-33,42,45,71H,4-6,8-9,11-15,18,21-23,30-31,34-41,43-44,46-70H2,1-3H3/b10-7-,19-16-,20-17-,27-24-,28-25-,29-26-,33-32-,45-42-.